The Bertz CT molecular complexity index is 1180. The highest BCUT2D eigenvalue weighted by Gasteiger charge is 2.35. The molecule has 1 atom stereocenters. The number of benzene rings is 1. The number of aliphatic hydroxyl groups excluding tert-OH is 1. The molecule has 4 rings (SSSR count). The van der Waals surface area contributed by atoms with E-state index in [4.69, 9.17) is 21.1 Å². The van der Waals surface area contributed by atoms with Crippen LogP contribution in [0.15, 0.2) is 36.7 Å². The van der Waals surface area contributed by atoms with Gasteiger partial charge in [-0.05, 0) is 18.2 Å². The highest BCUT2D eigenvalue weighted by molar-refractivity contribution is 6.33. The van der Waals surface area contributed by atoms with E-state index in [1.165, 1.54) is 0 Å². The molecule has 3 heterocycles. The molecule has 3 aromatic rings. The molecule has 1 aliphatic heterocycles. The summed E-state index contributed by atoms with van der Waals surface area (Å²) in [5.74, 6) is 1.81. The Hall–Kier alpha value is -3.14. The first-order chi connectivity index (χ1) is 16.4. The normalized spacial score (nSPS) is 16.6. The zero-order valence-electron chi connectivity index (χ0n) is 19.7. The number of hydrogen-bond acceptors (Lipinski definition) is 9. The maximum Gasteiger partial charge on any atom is 0.227 e. The SMILES string of the molecule is COCCN(C)c1cc(OC)c(Nc2nccc(-c3cnc4c(c3)C(C)(CO)CN4)n2)cc1Cl. The van der Waals surface area contributed by atoms with Crippen molar-refractivity contribution in [2.45, 2.75) is 12.3 Å². The van der Waals surface area contributed by atoms with Crippen LogP contribution in [0.4, 0.5) is 23.1 Å². The lowest BCUT2D eigenvalue weighted by molar-refractivity contribution is 0.206. The molecule has 180 valence electrons. The van der Waals surface area contributed by atoms with Crippen molar-refractivity contribution < 1.29 is 14.6 Å². The van der Waals surface area contributed by atoms with Crippen molar-refractivity contribution in [3.05, 3.63) is 47.2 Å². The summed E-state index contributed by atoms with van der Waals surface area (Å²) in [6.07, 6.45) is 3.45. The number of aliphatic hydroxyl groups is 1. The van der Waals surface area contributed by atoms with Crippen molar-refractivity contribution in [3.63, 3.8) is 0 Å². The van der Waals surface area contributed by atoms with Gasteiger partial charge in [0.05, 0.1) is 42.4 Å². The van der Waals surface area contributed by atoms with Crippen molar-refractivity contribution in [2.75, 3.05) is 63.1 Å². The number of nitrogens with zero attached hydrogens (tertiary/aromatic N) is 4. The number of halogens is 1. The molecule has 1 aliphatic rings. The number of anilines is 4. The number of pyridine rings is 1. The van der Waals surface area contributed by atoms with Gasteiger partial charge in [0.1, 0.15) is 11.6 Å². The highest BCUT2D eigenvalue weighted by Crippen LogP contribution is 2.38. The first kappa shape index (κ1) is 24.0. The Balaban J connectivity index is 1.61. The number of rotatable bonds is 9. The average molecular weight is 485 g/mol. The predicted molar refractivity (Wildman–Crippen MR) is 135 cm³/mol. The summed E-state index contributed by atoms with van der Waals surface area (Å²) in [7, 11) is 5.21. The molecule has 1 unspecified atom stereocenters. The van der Waals surface area contributed by atoms with E-state index in [1.54, 1.807) is 32.7 Å². The molecule has 0 bridgehead atoms. The fourth-order valence-electron chi connectivity index (χ4n) is 3.87. The third-order valence-electron chi connectivity index (χ3n) is 6.04. The van der Waals surface area contributed by atoms with E-state index in [0.717, 1.165) is 22.6 Å². The van der Waals surface area contributed by atoms with Crippen LogP contribution in [0.25, 0.3) is 11.3 Å². The zero-order valence-corrected chi connectivity index (χ0v) is 20.5. The summed E-state index contributed by atoms with van der Waals surface area (Å²) >= 11 is 6.57. The summed E-state index contributed by atoms with van der Waals surface area (Å²) in [5.41, 5.74) is 3.63. The van der Waals surface area contributed by atoms with E-state index < -0.39 is 0 Å². The summed E-state index contributed by atoms with van der Waals surface area (Å²) in [6, 6.07) is 7.51. The van der Waals surface area contributed by atoms with Crippen LogP contribution in [0, 0.1) is 0 Å². The average Bonchev–Trinajstić information content (AvgIpc) is 3.19. The molecule has 0 fully saturated rings. The van der Waals surface area contributed by atoms with E-state index in [1.807, 2.05) is 37.1 Å². The van der Waals surface area contributed by atoms with E-state index >= 15 is 0 Å². The number of fused-ring (bicyclic) bond motifs is 1. The van der Waals surface area contributed by atoms with Crippen LogP contribution in [0.1, 0.15) is 12.5 Å². The Kier molecular flexibility index (Phi) is 7.06. The largest absolute Gasteiger partial charge is 0.494 e. The van der Waals surface area contributed by atoms with Gasteiger partial charge in [-0.2, -0.15) is 0 Å². The molecule has 34 heavy (non-hydrogen) atoms. The van der Waals surface area contributed by atoms with Crippen molar-refractivity contribution >= 4 is 34.7 Å². The third-order valence-corrected chi connectivity index (χ3v) is 6.34. The number of methoxy groups -OCH3 is 2. The van der Waals surface area contributed by atoms with Gasteiger partial charge in [0.15, 0.2) is 0 Å². The van der Waals surface area contributed by atoms with E-state index in [0.29, 0.717) is 47.8 Å². The van der Waals surface area contributed by atoms with Gasteiger partial charge in [0, 0.05) is 62.2 Å². The monoisotopic (exact) mass is 484 g/mol. The molecule has 1 aromatic carbocycles. The highest BCUT2D eigenvalue weighted by atomic mass is 35.5. The standard InChI is InChI=1S/C24H29ClN6O3/c1-24(14-32)13-28-22-16(24)9-15(12-27-22)18-5-6-26-23(29-18)30-19-10-17(25)20(11-21(19)34-4)31(2)7-8-33-3/h5-6,9-12,32H,7-8,13-14H2,1-4H3,(H,27,28)(H,26,29,30). The Morgan fingerprint density at radius 2 is 2.09 bits per heavy atom. The first-order valence-corrected chi connectivity index (χ1v) is 11.3. The maximum atomic E-state index is 9.87. The van der Waals surface area contributed by atoms with Gasteiger partial charge in [-0.1, -0.05) is 18.5 Å². The lowest BCUT2D eigenvalue weighted by atomic mass is 9.85. The van der Waals surface area contributed by atoms with Crippen LogP contribution in [-0.2, 0) is 10.2 Å². The molecule has 9 nitrogen and oxygen atoms in total. The van der Waals surface area contributed by atoms with Crippen LogP contribution in [0.2, 0.25) is 5.02 Å². The Morgan fingerprint density at radius 1 is 1.26 bits per heavy atom. The van der Waals surface area contributed by atoms with Gasteiger partial charge in [-0.3, -0.25) is 0 Å². The number of nitrogens with one attached hydrogen (secondary N) is 2. The summed E-state index contributed by atoms with van der Waals surface area (Å²) in [6.45, 7) is 3.96. The number of likely N-dealkylation sites (N-methyl/N-ethyl adjacent to an activating group) is 1. The quantitative estimate of drug-likeness (QED) is 0.419. The van der Waals surface area contributed by atoms with E-state index in [9.17, 15) is 5.11 Å². The predicted octanol–water partition coefficient (Wildman–Crippen LogP) is 3.70. The lowest BCUT2D eigenvalue weighted by Crippen LogP contribution is -2.28. The first-order valence-electron chi connectivity index (χ1n) is 10.9. The Labute approximate surface area is 204 Å². The van der Waals surface area contributed by atoms with Gasteiger partial charge in [-0.15, -0.1) is 0 Å². The number of aromatic nitrogens is 3. The molecule has 10 heteroatoms. The molecule has 0 aliphatic carbocycles. The van der Waals surface area contributed by atoms with Gasteiger partial charge < -0.3 is 30.1 Å². The van der Waals surface area contributed by atoms with Crippen LogP contribution >= 0.6 is 11.6 Å². The topological polar surface area (TPSA) is 105 Å². The number of hydrogen-bond donors (Lipinski definition) is 3. The molecule has 0 saturated heterocycles. The minimum Gasteiger partial charge on any atom is -0.494 e. The fourth-order valence-corrected chi connectivity index (χ4v) is 4.18. The molecule has 0 spiro atoms. The fraction of sp³-hybridized carbons (Fsp3) is 0.375. The molecular weight excluding hydrogens is 456 g/mol. The summed E-state index contributed by atoms with van der Waals surface area (Å²) < 4.78 is 10.8. The minimum atomic E-state index is -0.380. The van der Waals surface area contributed by atoms with Crippen LogP contribution in [0.5, 0.6) is 5.75 Å². The lowest BCUT2D eigenvalue weighted by Gasteiger charge is -2.22. The van der Waals surface area contributed by atoms with Crippen LogP contribution < -0.4 is 20.3 Å². The van der Waals surface area contributed by atoms with Gasteiger partial charge in [0.2, 0.25) is 5.95 Å². The second-order valence-corrected chi connectivity index (χ2v) is 8.91. The zero-order chi connectivity index (χ0) is 24.3. The smallest absolute Gasteiger partial charge is 0.227 e. The maximum absolute atomic E-state index is 9.87. The van der Waals surface area contributed by atoms with Crippen molar-refractivity contribution in [1.29, 1.82) is 0 Å². The van der Waals surface area contributed by atoms with Gasteiger partial charge >= 0.3 is 0 Å². The molecule has 3 N–H and O–H groups in total. The van der Waals surface area contributed by atoms with Crippen molar-refractivity contribution in [2.24, 2.45) is 0 Å². The molecule has 0 radical (unpaired) electrons. The van der Waals surface area contributed by atoms with E-state index in [-0.39, 0.29) is 12.0 Å². The molecular formula is C24H29ClN6O3. The van der Waals surface area contributed by atoms with Crippen LogP contribution in [0.3, 0.4) is 0 Å². The van der Waals surface area contributed by atoms with Crippen LogP contribution in [-0.4, -0.2) is 67.6 Å². The molecule has 0 saturated carbocycles. The second kappa shape index (κ2) is 10.0. The second-order valence-electron chi connectivity index (χ2n) is 8.50. The van der Waals surface area contributed by atoms with Gasteiger partial charge in [0.25, 0.3) is 0 Å². The van der Waals surface area contributed by atoms with Gasteiger partial charge in [-0.25, -0.2) is 15.0 Å². The van der Waals surface area contributed by atoms with Crippen molar-refractivity contribution in [3.8, 4) is 17.0 Å². The summed E-state index contributed by atoms with van der Waals surface area (Å²) in [5, 5.41) is 16.9. The third kappa shape index (κ3) is 4.72. The minimum absolute atomic E-state index is 0.0337. The molecule has 2 aromatic heterocycles. The summed E-state index contributed by atoms with van der Waals surface area (Å²) in [4.78, 5) is 15.6. The Morgan fingerprint density at radius 3 is 2.82 bits per heavy atom. The molecule has 0 amide bonds. The van der Waals surface area contributed by atoms with Crippen molar-refractivity contribution in [1.82, 2.24) is 15.0 Å². The van der Waals surface area contributed by atoms with E-state index in [2.05, 4.69) is 25.6 Å². The number of ether oxygens (including phenoxy) is 2.